The molecule has 198 valence electrons. The summed E-state index contributed by atoms with van der Waals surface area (Å²) >= 11 is 3.40. The van der Waals surface area contributed by atoms with Crippen molar-refractivity contribution in [1.82, 2.24) is 14.9 Å². The SMILES string of the molecule is C=CCc1ccc(OCCCCn2c(CCCNC(=O)c3ccc(Br)cc3)nc3ccccc32)c(OC)c1. The van der Waals surface area contributed by atoms with Gasteiger partial charge in [0.25, 0.3) is 5.91 Å². The number of carbonyl (C=O) groups excluding carboxylic acids is 1. The molecule has 4 aromatic rings. The van der Waals surface area contributed by atoms with Crippen molar-refractivity contribution in [3.8, 4) is 11.5 Å². The number of hydrogen-bond donors (Lipinski definition) is 1. The van der Waals surface area contributed by atoms with Crippen LogP contribution in [0.25, 0.3) is 11.0 Å². The summed E-state index contributed by atoms with van der Waals surface area (Å²) in [6.45, 7) is 5.86. The van der Waals surface area contributed by atoms with Crippen LogP contribution in [0.4, 0.5) is 0 Å². The van der Waals surface area contributed by atoms with Crippen molar-refractivity contribution in [1.29, 1.82) is 0 Å². The molecule has 6 nitrogen and oxygen atoms in total. The van der Waals surface area contributed by atoms with Gasteiger partial charge in [-0.05, 0) is 79.8 Å². The van der Waals surface area contributed by atoms with E-state index >= 15 is 0 Å². The Morgan fingerprint density at radius 3 is 2.66 bits per heavy atom. The standard InChI is InChI=1S/C31H34BrN3O3/c1-3-9-23-13-18-28(29(22-23)37-2)38-21-7-6-20-35-27-11-5-4-10-26(27)34-30(35)12-8-19-33-31(36)24-14-16-25(32)17-15-24/h3-5,10-11,13-18,22H,1,6-9,12,19-21H2,2H3,(H,33,36). The molecular formula is C31H34BrN3O3. The van der Waals surface area contributed by atoms with Gasteiger partial charge in [0.1, 0.15) is 5.82 Å². The minimum absolute atomic E-state index is 0.0574. The Kier molecular flexibility index (Phi) is 9.98. The first kappa shape index (κ1) is 27.5. The zero-order valence-corrected chi connectivity index (χ0v) is 23.4. The number of unbranched alkanes of at least 4 members (excludes halogenated alkanes) is 1. The van der Waals surface area contributed by atoms with E-state index in [0.717, 1.165) is 77.0 Å². The molecule has 3 aromatic carbocycles. The molecule has 7 heteroatoms. The molecular weight excluding hydrogens is 542 g/mol. The highest BCUT2D eigenvalue weighted by molar-refractivity contribution is 9.10. The molecule has 0 unspecified atom stereocenters. The van der Waals surface area contributed by atoms with Crippen LogP contribution in [0.3, 0.4) is 0 Å². The van der Waals surface area contributed by atoms with Crippen molar-refractivity contribution in [2.75, 3.05) is 20.3 Å². The summed E-state index contributed by atoms with van der Waals surface area (Å²) in [4.78, 5) is 17.3. The number of carbonyl (C=O) groups is 1. The first-order valence-corrected chi connectivity index (χ1v) is 13.8. The largest absolute Gasteiger partial charge is 0.493 e. The molecule has 0 bridgehead atoms. The van der Waals surface area contributed by atoms with Crippen LogP contribution in [-0.2, 0) is 19.4 Å². The van der Waals surface area contributed by atoms with Crippen molar-refractivity contribution in [3.05, 3.63) is 101 Å². The predicted octanol–water partition coefficient (Wildman–Crippen LogP) is 6.76. The van der Waals surface area contributed by atoms with Gasteiger partial charge >= 0.3 is 0 Å². The number of hydrogen-bond acceptors (Lipinski definition) is 4. The minimum Gasteiger partial charge on any atom is -0.493 e. The van der Waals surface area contributed by atoms with E-state index in [2.05, 4.69) is 44.5 Å². The second-order valence-electron chi connectivity index (χ2n) is 9.07. The molecule has 0 spiro atoms. The molecule has 0 atom stereocenters. The first-order chi connectivity index (χ1) is 18.6. The molecule has 1 amide bonds. The van der Waals surface area contributed by atoms with Crippen molar-refractivity contribution >= 4 is 32.9 Å². The number of amides is 1. The maximum Gasteiger partial charge on any atom is 0.251 e. The molecule has 38 heavy (non-hydrogen) atoms. The lowest BCUT2D eigenvalue weighted by Crippen LogP contribution is -2.25. The lowest BCUT2D eigenvalue weighted by atomic mass is 10.1. The van der Waals surface area contributed by atoms with Crippen LogP contribution in [0, 0.1) is 0 Å². The number of rotatable bonds is 14. The number of aryl methyl sites for hydroxylation is 2. The Bertz CT molecular complexity index is 1360. The van der Waals surface area contributed by atoms with Gasteiger partial charge in [0.05, 0.1) is 24.8 Å². The van der Waals surface area contributed by atoms with Gasteiger partial charge in [-0.3, -0.25) is 4.79 Å². The normalized spacial score (nSPS) is 10.9. The van der Waals surface area contributed by atoms with Crippen molar-refractivity contribution in [3.63, 3.8) is 0 Å². The van der Waals surface area contributed by atoms with Gasteiger partial charge in [0.2, 0.25) is 0 Å². The zero-order chi connectivity index (χ0) is 26.7. The number of fused-ring (bicyclic) bond motifs is 1. The molecule has 0 radical (unpaired) electrons. The molecule has 1 heterocycles. The van der Waals surface area contributed by atoms with Gasteiger partial charge in [0.15, 0.2) is 11.5 Å². The fourth-order valence-electron chi connectivity index (χ4n) is 4.40. The van der Waals surface area contributed by atoms with E-state index < -0.39 is 0 Å². The highest BCUT2D eigenvalue weighted by Gasteiger charge is 2.11. The Morgan fingerprint density at radius 2 is 1.87 bits per heavy atom. The summed E-state index contributed by atoms with van der Waals surface area (Å²) in [5.41, 5.74) is 3.95. The zero-order valence-electron chi connectivity index (χ0n) is 21.8. The van der Waals surface area contributed by atoms with E-state index in [1.165, 1.54) is 0 Å². The Balaban J connectivity index is 1.29. The monoisotopic (exact) mass is 575 g/mol. The quantitative estimate of drug-likeness (QED) is 0.133. The molecule has 0 aliphatic carbocycles. The molecule has 0 fully saturated rings. The third-order valence-corrected chi connectivity index (χ3v) is 6.87. The highest BCUT2D eigenvalue weighted by atomic mass is 79.9. The van der Waals surface area contributed by atoms with Crippen LogP contribution in [0.15, 0.2) is 83.9 Å². The molecule has 0 aliphatic rings. The lowest BCUT2D eigenvalue weighted by Gasteiger charge is -2.13. The van der Waals surface area contributed by atoms with Crippen LogP contribution >= 0.6 is 15.9 Å². The number of nitrogens with zero attached hydrogens (tertiary/aromatic N) is 2. The fourth-order valence-corrected chi connectivity index (χ4v) is 4.66. The van der Waals surface area contributed by atoms with Gasteiger partial charge in [-0.1, -0.05) is 40.2 Å². The van der Waals surface area contributed by atoms with E-state index in [-0.39, 0.29) is 5.91 Å². The average molecular weight is 577 g/mol. The summed E-state index contributed by atoms with van der Waals surface area (Å²) in [5, 5.41) is 3.01. The summed E-state index contributed by atoms with van der Waals surface area (Å²) in [6, 6.07) is 21.6. The topological polar surface area (TPSA) is 65.4 Å². The maximum absolute atomic E-state index is 12.4. The fraction of sp³-hybridized carbons (Fsp3) is 0.290. The van der Waals surface area contributed by atoms with Gasteiger partial charge < -0.3 is 19.4 Å². The minimum atomic E-state index is -0.0574. The van der Waals surface area contributed by atoms with E-state index in [9.17, 15) is 4.79 Å². The number of methoxy groups -OCH3 is 1. The Labute approximate surface area is 232 Å². The van der Waals surface area contributed by atoms with Crippen LogP contribution in [0.5, 0.6) is 11.5 Å². The van der Waals surface area contributed by atoms with Gasteiger partial charge in [0, 0.05) is 29.5 Å². The second kappa shape index (κ2) is 13.8. The number of aromatic nitrogens is 2. The first-order valence-electron chi connectivity index (χ1n) is 13.0. The summed E-state index contributed by atoms with van der Waals surface area (Å²) < 4.78 is 14.8. The highest BCUT2D eigenvalue weighted by Crippen LogP contribution is 2.28. The van der Waals surface area contributed by atoms with Gasteiger partial charge in [-0.2, -0.15) is 0 Å². The van der Waals surface area contributed by atoms with Gasteiger partial charge in [-0.15, -0.1) is 6.58 Å². The summed E-state index contributed by atoms with van der Waals surface area (Å²) in [7, 11) is 1.66. The molecule has 1 aromatic heterocycles. The predicted molar refractivity (Wildman–Crippen MR) is 156 cm³/mol. The number of halogens is 1. The lowest BCUT2D eigenvalue weighted by molar-refractivity contribution is 0.0953. The van der Waals surface area contributed by atoms with E-state index in [4.69, 9.17) is 14.5 Å². The Hall–Kier alpha value is -3.58. The number of imidazole rings is 1. The average Bonchev–Trinajstić information content (AvgIpc) is 3.29. The van der Waals surface area contributed by atoms with Crippen molar-refractivity contribution in [2.24, 2.45) is 0 Å². The second-order valence-corrected chi connectivity index (χ2v) is 9.98. The molecule has 0 aliphatic heterocycles. The maximum atomic E-state index is 12.4. The summed E-state index contributed by atoms with van der Waals surface area (Å²) in [6.07, 6.45) is 6.16. The van der Waals surface area contributed by atoms with Crippen LogP contribution in [-0.4, -0.2) is 35.7 Å². The van der Waals surface area contributed by atoms with Crippen molar-refractivity contribution < 1.29 is 14.3 Å². The van der Waals surface area contributed by atoms with Crippen LogP contribution in [0.1, 0.15) is 41.0 Å². The van der Waals surface area contributed by atoms with Crippen LogP contribution < -0.4 is 14.8 Å². The smallest absolute Gasteiger partial charge is 0.251 e. The molecule has 1 N–H and O–H groups in total. The van der Waals surface area contributed by atoms with Gasteiger partial charge in [-0.25, -0.2) is 4.98 Å². The molecule has 4 rings (SSSR count). The summed E-state index contributed by atoms with van der Waals surface area (Å²) in [5.74, 6) is 2.50. The third-order valence-electron chi connectivity index (χ3n) is 6.34. The van der Waals surface area contributed by atoms with E-state index in [1.807, 2.05) is 60.7 Å². The van der Waals surface area contributed by atoms with Crippen molar-refractivity contribution in [2.45, 2.75) is 38.6 Å². The number of nitrogens with one attached hydrogen (secondary N) is 1. The number of allylic oxidation sites excluding steroid dienone is 1. The molecule has 0 saturated carbocycles. The number of ether oxygens (including phenoxy) is 2. The third kappa shape index (κ3) is 7.25. The van der Waals surface area contributed by atoms with E-state index in [1.54, 1.807) is 7.11 Å². The van der Waals surface area contributed by atoms with E-state index in [0.29, 0.717) is 18.7 Å². The number of benzene rings is 3. The van der Waals surface area contributed by atoms with Crippen LogP contribution in [0.2, 0.25) is 0 Å². The molecule has 0 saturated heterocycles. The Morgan fingerprint density at radius 1 is 1.05 bits per heavy atom. The number of para-hydroxylation sites is 2.